The molecule has 0 spiro atoms. The molecule has 1 aliphatic heterocycles. The first-order chi connectivity index (χ1) is 8.40. The molecule has 0 bridgehead atoms. The monoisotopic (exact) mass is 231 g/mol. The van der Waals surface area contributed by atoms with Gasteiger partial charge in [-0.25, -0.2) is 0 Å². The average Bonchev–Trinajstić information content (AvgIpc) is 2.82. The quantitative estimate of drug-likeness (QED) is 0.800. The minimum atomic E-state index is 0.591. The van der Waals surface area contributed by atoms with Crippen molar-refractivity contribution < 1.29 is 0 Å². The van der Waals surface area contributed by atoms with Gasteiger partial charge in [-0.3, -0.25) is 0 Å². The summed E-state index contributed by atoms with van der Waals surface area (Å²) in [6, 6.07) is 6.75. The van der Waals surface area contributed by atoms with Crippen LogP contribution in [-0.2, 0) is 6.42 Å². The van der Waals surface area contributed by atoms with Crippen LogP contribution in [0, 0.1) is 0 Å². The first-order valence-corrected chi connectivity index (χ1v) is 6.67. The Hall–Kier alpha value is -1.06. The summed E-state index contributed by atoms with van der Waals surface area (Å²) < 4.78 is 0. The van der Waals surface area contributed by atoms with Gasteiger partial charge in [0.1, 0.15) is 0 Å². The summed E-state index contributed by atoms with van der Waals surface area (Å²) in [5.74, 6) is 0.591. The van der Waals surface area contributed by atoms with E-state index in [9.17, 15) is 0 Å². The first kappa shape index (κ1) is 11.1. The highest BCUT2D eigenvalue weighted by Gasteiger charge is 2.25. The molecule has 17 heavy (non-hydrogen) atoms. The third kappa shape index (κ3) is 1.94. The fraction of sp³-hybridized carbons (Fsp3) is 0.571. The molecule has 1 atom stereocenters. The van der Waals surface area contributed by atoms with Gasteiger partial charge in [-0.15, -0.1) is 0 Å². The van der Waals surface area contributed by atoms with Crippen LogP contribution in [0.5, 0.6) is 0 Å². The van der Waals surface area contributed by atoms with Crippen LogP contribution in [0.15, 0.2) is 18.2 Å². The lowest BCUT2D eigenvalue weighted by molar-refractivity contribution is 0.588. The Labute approximate surface area is 103 Å². The topological polar surface area (TPSA) is 41.3 Å². The number of nitrogens with zero attached hydrogens (tertiary/aromatic N) is 1. The number of nitrogens with one attached hydrogen (secondary N) is 1. The molecule has 3 heteroatoms. The van der Waals surface area contributed by atoms with E-state index in [1.807, 2.05) is 0 Å². The minimum Gasteiger partial charge on any atom is -0.369 e. The Morgan fingerprint density at radius 3 is 2.88 bits per heavy atom. The minimum absolute atomic E-state index is 0.591. The Bertz CT molecular complexity index is 396. The van der Waals surface area contributed by atoms with Crippen molar-refractivity contribution in [2.24, 2.45) is 5.73 Å². The lowest BCUT2D eigenvalue weighted by atomic mass is 10.0. The fourth-order valence-corrected chi connectivity index (χ4v) is 3.17. The third-order valence-corrected chi connectivity index (χ3v) is 4.11. The normalized spacial score (nSPS) is 23.8. The van der Waals surface area contributed by atoms with Gasteiger partial charge < -0.3 is 16.0 Å². The van der Waals surface area contributed by atoms with Crippen LogP contribution in [0.2, 0.25) is 0 Å². The number of rotatable bonds is 2. The van der Waals surface area contributed by atoms with Crippen molar-refractivity contribution in [3.63, 3.8) is 0 Å². The van der Waals surface area contributed by atoms with E-state index in [1.54, 1.807) is 5.56 Å². The lowest BCUT2D eigenvalue weighted by Gasteiger charge is -2.31. The van der Waals surface area contributed by atoms with Gasteiger partial charge in [0, 0.05) is 31.9 Å². The van der Waals surface area contributed by atoms with Gasteiger partial charge in [-0.05, 0) is 42.5 Å². The SMILES string of the molecule is NCC1CCc2c1cccc2N1CCNCC1. The van der Waals surface area contributed by atoms with Crippen molar-refractivity contribution in [2.45, 2.75) is 18.8 Å². The predicted octanol–water partition coefficient (Wildman–Crippen LogP) is 1.08. The van der Waals surface area contributed by atoms with E-state index in [0.717, 1.165) is 32.7 Å². The van der Waals surface area contributed by atoms with Gasteiger partial charge in [0.15, 0.2) is 0 Å². The number of nitrogens with two attached hydrogens (primary N) is 1. The van der Waals surface area contributed by atoms with Crippen molar-refractivity contribution in [1.82, 2.24) is 5.32 Å². The molecule has 3 nitrogen and oxygen atoms in total. The van der Waals surface area contributed by atoms with E-state index >= 15 is 0 Å². The van der Waals surface area contributed by atoms with Gasteiger partial charge >= 0.3 is 0 Å². The molecule has 0 amide bonds. The molecule has 0 radical (unpaired) electrons. The Morgan fingerprint density at radius 1 is 1.29 bits per heavy atom. The maximum Gasteiger partial charge on any atom is 0.0402 e. The van der Waals surface area contributed by atoms with Crippen LogP contribution < -0.4 is 16.0 Å². The maximum atomic E-state index is 5.85. The molecule has 3 N–H and O–H groups in total. The van der Waals surface area contributed by atoms with Gasteiger partial charge in [0.05, 0.1) is 0 Å². The van der Waals surface area contributed by atoms with Crippen molar-refractivity contribution in [3.8, 4) is 0 Å². The summed E-state index contributed by atoms with van der Waals surface area (Å²) in [5.41, 5.74) is 10.4. The number of piperazine rings is 1. The Kier molecular flexibility index (Phi) is 3.04. The molecule has 1 aromatic carbocycles. The maximum absolute atomic E-state index is 5.85. The molecule has 0 aromatic heterocycles. The zero-order valence-electron chi connectivity index (χ0n) is 10.3. The second kappa shape index (κ2) is 4.67. The molecule has 1 aliphatic carbocycles. The molecule has 1 fully saturated rings. The number of benzene rings is 1. The standard InChI is InChI=1S/C14H21N3/c15-10-11-4-5-13-12(11)2-1-3-14(13)17-8-6-16-7-9-17/h1-3,11,16H,4-10,15H2. The summed E-state index contributed by atoms with van der Waals surface area (Å²) in [6.07, 6.45) is 2.44. The molecule has 1 aromatic rings. The summed E-state index contributed by atoms with van der Waals surface area (Å²) in [7, 11) is 0. The van der Waals surface area contributed by atoms with Gasteiger partial charge in [0.2, 0.25) is 0 Å². The molecule has 1 saturated heterocycles. The van der Waals surface area contributed by atoms with Crippen LogP contribution in [0.3, 0.4) is 0 Å². The highest BCUT2D eigenvalue weighted by molar-refractivity contribution is 5.59. The molecule has 92 valence electrons. The second-order valence-corrected chi connectivity index (χ2v) is 5.05. The number of anilines is 1. The molecular formula is C14H21N3. The zero-order chi connectivity index (χ0) is 11.7. The summed E-state index contributed by atoms with van der Waals surface area (Å²) >= 11 is 0. The van der Waals surface area contributed by atoms with Crippen LogP contribution in [-0.4, -0.2) is 32.7 Å². The van der Waals surface area contributed by atoms with Crippen molar-refractivity contribution in [3.05, 3.63) is 29.3 Å². The van der Waals surface area contributed by atoms with Gasteiger partial charge in [0.25, 0.3) is 0 Å². The van der Waals surface area contributed by atoms with E-state index < -0.39 is 0 Å². The third-order valence-electron chi connectivity index (χ3n) is 4.11. The van der Waals surface area contributed by atoms with E-state index in [2.05, 4.69) is 28.4 Å². The van der Waals surface area contributed by atoms with Crippen LogP contribution in [0.25, 0.3) is 0 Å². The van der Waals surface area contributed by atoms with Crippen molar-refractivity contribution >= 4 is 5.69 Å². The van der Waals surface area contributed by atoms with E-state index in [4.69, 9.17) is 5.73 Å². The summed E-state index contributed by atoms with van der Waals surface area (Å²) in [6.45, 7) is 5.25. The van der Waals surface area contributed by atoms with Crippen LogP contribution in [0.4, 0.5) is 5.69 Å². The molecule has 1 heterocycles. The highest BCUT2D eigenvalue weighted by atomic mass is 15.2. The first-order valence-electron chi connectivity index (χ1n) is 6.67. The number of hydrogen-bond acceptors (Lipinski definition) is 3. The molecule has 2 aliphatic rings. The largest absolute Gasteiger partial charge is 0.369 e. The Morgan fingerprint density at radius 2 is 2.12 bits per heavy atom. The van der Waals surface area contributed by atoms with Crippen molar-refractivity contribution in [2.75, 3.05) is 37.6 Å². The number of fused-ring (bicyclic) bond motifs is 1. The average molecular weight is 231 g/mol. The summed E-state index contributed by atoms with van der Waals surface area (Å²) in [5, 5.41) is 3.41. The lowest BCUT2D eigenvalue weighted by Crippen LogP contribution is -2.43. The predicted molar refractivity (Wildman–Crippen MR) is 71.6 cm³/mol. The van der Waals surface area contributed by atoms with E-state index in [1.165, 1.54) is 24.1 Å². The van der Waals surface area contributed by atoms with Crippen LogP contribution >= 0.6 is 0 Å². The molecular weight excluding hydrogens is 210 g/mol. The van der Waals surface area contributed by atoms with Gasteiger partial charge in [-0.1, -0.05) is 12.1 Å². The molecule has 0 saturated carbocycles. The molecule has 1 unspecified atom stereocenters. The van der Waals surface area contributed by atoms with E-state index in [-0.39, 0.29) is 0 Å². The highest BCUT2D eigenvalue weighted by Crippen LogP contribution is 2.38. The fourth-order valence-electron chi connectivity index (χ4n) is 3.17. The van der Waals surface area contributed by atoms with E-state index in [0.29, 0.717) is 5.92 Å². The second-order valence-electron chi connectivity index (χ2n) is 5.05. The van der Waals surface area contributed by atoms with Crippen LogP contribution in [0.1, 0.15) is 23.5 Å². The smallest absolute Gasteiger partial charge is 0.0402 e. The number of hydrogen-bond donors (Lipinski definition) is 2. The summed E-state index contributed by atoms with van der Waals surface area (Å²) in [4.78, 5) is 2.52. The zero-order valence-corrected chi connectivity index (χ0v) is 10.3. The van der Waals surface area contributed by atoms with Crippen molar-refractivity contribution in [1.29, 1.82) is 0 Å². The molecule has 3 rings (SSSR count). The Balaban J connectivity index is 1.93. The van der Waals surface area contributed by atoms with Gasteiger partial charge in [-0.2, -0.15) is 0 Å².